The summed E-state index contributed by atoms with van der Waals surface area (Å²) in [6.45, 7) is 2.29. The van der Waals surface area contributed by atoms with Gasteiger partial charge >= 0.3 is 0 Å². The van der Waals surface area contributed by atoms with Crippen LogP contribution in [0.15, 0.2) is 0 Å². The van der Waals surface area contributed by atoms with E-state index in [2.05, 4.69) is 12.2 Å². The van der Waals surface area contributed by atoms with Gasteiger partial charge in [-0.3, -0.25) is 0 Å². The maximum absolute atomic E-state index is 3.67. The second-order valence-electron chi connectivity index (χ2n) is 4.82. The van der Waals surface area contributed by atoms with E-state index in [1.165, 1.54) is 51.4 Å². The Balaban J connectivity index is 1.60. The topological polar surface area (TPSA) is 12.0 Å². The Morgan fingerprint density at radius 3 is 2.46 bits per heavy atom. The van der Waals surface area contributed by atoms with Crippen LogP contribution in [0.1, 0.15) is 58.3 Å². The Morgan fingerprint density at radius 2 is 1.85 bits per heavy atom. The summed E-state index contributed by atoms with van der Waals surface area (Å²) in [7, 11) is 0. The lowest BCUT2D eigenvalue weighted by atomic mass is 9.70. The minimum absolute atomic E-state index is 0.917. The molecule has 3 fully saturated rings. The van der Waals surface area contributed by atoms with Crippen molar-refractivity contribution in [1.29, 1.82) is 0 Å². The Hall–Kier alpha value is -0.0400. The van der Waals surface area contributed by atoms with Crippen molar-refractivity contribution in [3.63, 3.8) is 0 Å². The van der Waals surface area contributed by atoms with Gasteiger partial charge in [-0.15, -0.1) is 0 Å². The molecule has 3 rings (SSSR count). The van der Waals surface area contributed by atoms with Gasteiger partial charge in [-0.25, -0.2) is 0 Å². The zero-order valence-electron chi connectivity index (χ0n) is 8.89. The van der Waals surface area contributed by atoms with Crippen LogP contribution < -0.4 is 5.32 Å². The normalized spacial score (nSPS) is 37.2. The third-order valence-corrected chi connectivity index (χ3v) is 3.88. The van der Waals surface area contributed by atoms with Gasteiger partial charge in [0.1, 0.15) is 0 Å². The fraction of sp³-hybridized carbons (Fsp3) is 1.00. The highest BCUT2D eigenvalue weighted by molar-refractivity contribution is 5.00. The van der Waals surface area contributed by atoms with Gasteiger partial charge in [0.05, 0.1) is 0 Å². The van der Waals surface area contributed by atoms with E-state index in [9.17, 15) is 0 Å². The molecule has 0 amide bonds. The standard InChI is InChI=1S/C12H23N/c1-2-3-4-5-7-10-11-8-6-9-12(10)13-11/h10-13H,2-9H2,1H3. The van der Waals surface area contributed by atoms with E-state index in [4.69, 9.17) is 0 Å². The van der Waals surface area contributed by atoms with Gasteiger partial charge in [0.15, 0.2) is 0 Å². The third-order valence-electron chi connectivity index (χ3n) is 3.88. The fourth-order valence-electron chi connectivity index (χ4n) is 3.05. The van der Waals surface area contributed by atoms with E-state index in [-0.39, 0.29) is 0 Å². The highest BCUT2D eigenvalue weighted by Gasteiger charge is 2.41. The molecule has 76 valence electrons. The molecule has 2 atom stereocenters. The highest BCUT2D eigenvalue weighted by atomic mass is 15.1. The lowest BCUT2D eigenvalue weighted by Crippen LogP contribution is -2.63. The third kappa shape index (κ3) is 2.07. The van der Waals surface area contributed by atoms with E-state index in [0.29, 0.717) is 0 Å². The first-order valence-corrected chi connectivity index (χ1v) is 6.18. The molecule has 1 saturated carbocycles. The van der Waals surface area contributed by atoms with Crippen molar-refractivity contribution in [2.75, 3.05) is 0 Å². The van der Waals surface area contributed by atoms with E-state index in [1.807, 2.05) is 0 Å². The van der Waals surface area contributed by atoms with E-state index in [1.54, 1.807) is 0 Å². The van der Waals surface area contributed by atoms with Crippen LogP contribution in [0, 0.1) is 5.92 Å². The van der Waals surface area contributed by atoms with Crippen molar-refractivity contribution in [2.45, 2.75) is 70.4 Å². The average molecular weight is 181 g/mol. The number of rotatable bonds is 5. The van der Waals surface area contributed by atoms with Gasteiger partial charge in [-0.05, 0) is 25.2 Å². The summed E-state index contributed by atoms with van der Waals surface area (Å²) in [4.78, 5) is 0. The Bertz CT molecular complexity index is 141. The van der Waals surface area contributed by atoms with Crippen LogP contribution in [0.4, 0.5) is 0 Å². The van der Waals surface area contributed by atoms with Gasteiger partial charge in [-0.2, -0.15) is 0 Å². The van der Waals surface area contributed by atoms with E-state index in [0.717, 1.165) is 18.0 Å². The Kier molecular flexibility index (Phi) is 3.26. The molecule has 0 spiro atoms. The number of hydrogen-bond acceptors (Lipinski definition) is 1. The number of piperidine rings is 1. The summed E-state index contributed by atoms with van der Waals surface area (Å²) in [6, 6.07) is 1.83. The van der Waals surface area contributed by atoms with E-state index >= 15 is 0 Å². The molecule has 2 bridgehead atoms. The summed E-state index contributed by atoms with van der Waals surface area (Å²) in [5.41, 5.74) is 0. The Morgan fingerprint density at radius 1 is 1.08 bits per heavy atom. The molecule has 13 heavy (non-hydrogen) atoms. The van der Waals surface area contributed by atoms with E-state index < -0.39 is 0 Å². The number of hydrogen-bond donors (Lipinski definition) is 1. The van der Waals surface area contributed by atoms with Crippen LogP contribution in [0.3, 0.4) is 0 Å². The number of nitrogens with one attached hydrogen (secondary N) is 1. The zero-order chi connectivity index (χ0) is 9.10. The first-order valence-electron chi connectivity index (χ1n) is 6.18. The molecule has 2 aliphatic heterocycles. The summed E-state index contributed by atoms with van der Waals surface area (Å²) < 4.78 is 0. The molecule has 1 heteroatoms. The maximum atomic E-state index is 3.67. The molecular weight excluding hydrogens is 158 g/mol. The van der Waals surface area contributed by atoms with Crippen molar-refractivity contribution < 1.29 is 0 Å². The second-order valence-corrected chi connectivity index (χ2v) is 4.82. The van der Waals surface area contributed by atoms with Crippen LogP contribution in [0.25, 0.3) is 0 Å². The lowest BCUT2D eigenvalue weighted by molar-refractivity contribution is 0.0722. The summed E-state index contributed by atoms with van der Waals surface area (Å²) >= 11 is 0. The molecule has 0 aromatic rings. The molecule has 2 unspecified atom stereocenters. The molecule has 0 aromatic carbocycles. The lowest BCUT2D eigenvalue weighted by Gasteiger charge is -2.51. The molecule has 3 aliphatic rings. The van der Waals surface area contributed by atoms with Crippen molar-refractivity contribution in [1.82, 2.24) is 5.32 Å². The highest BCUT2D eigenvalue weighted by Crippen LogP contribution is 2.37. The molecule has 1 nitrogen and oxygen atoms in total. The maximum Gasteiger partial charge on any atom is 0.0113 e. The average Bonchev–Trinajstić information content (AvgIpc) is 2.18. The second kappa shape index (κ2) is 4.45. The molecule has 2 heterocycles. The number of fused-ring (bicyclic) bond motifs is 2. The van der Waals surface area contributed by atoms with Crippen LogP contribution in [-0.4, -0.2) is 12.1 Å². The smallest absolute Gasteiger partial charge is 0.0113 e. The van der Waals surface area contributed by atoms with Crippen molar-refractivity contribution in [3.8, 4) is 0 Å². The first kappa shape index (κ1) is 9.51. The summed E-state index contributed by atoms with van der Waals surface area (Å²) in [5, 5.41) is 3.67. The number of unbranched alkanes of at least 4 members (excludes halogenated alkanes) is 3. The Labute approximate surface area is 82.3 Å². The molecular formula is C12H23N. The molecule has 2 saturated heterocycles. The minimum Gasteiger partial charge on any atom is -0.311 e. The van der Waals surface area contributed by atoms with Gasteiger partial charge in [0, 0.05) is 12.1 Å². The molecule has 0 aromatic heterocycles. The van der Waals surface area contributed by atoms with Gasteiger partial charge in [0.25, 0.3) is 0 Å². The predicted molar refractivity (Wildman–Crippen MR) is 56.8 cm³/mol. The summed E-state index contributed by atoms with van der Waals surface area (Å²) in [6.07, 6.45) is 11.6. The quantitative estimate of drug-likeness (QED) is 0.643. The van der Waals surface area contributed by atoms with Gasteiger partial charge < -0.3 is 5.32 Å². The summed E-state index contributed by atoms with van der Waals surface area (Å²) in [5.74, 6) is 1.06. The molecule has 0 radical (unpaired) electrons. The van der Waals surface area contributed by atoms with Gasteiger partial charge in [-0.1, -0.05) is 39.0 Å². The van der Waals surface area contributed by atoms with Crippen molar-refractivity contribution >= 4 is 0 Å². The van der Waals surface area contributed by atoms with Crippen LogP contribution in [0.5, 0.6) is 0 Å². The van der Waals surface area contributed by atoms with Crippen LogP contribution in [-0.2, 0) is 0 Å². The monoisotopic (exact) mass is 181 g/mol. The zero-order valence-corrected chi connectivity index (χ0v) is 8.89. The first-order chi connectivity index (χ1) is 6.42. The molecule has 1 N–H and O–H groups in total. The van der Waals surface area contributed by atoms with Crippen LogP contribution in [0.2, 0.25) is 0 Å². The molecule has 1 aliphatic carbocycles. The van der Waals surface area contributed by atoms with Crippen molar-refractivity contribution in [2.24, 2.45) is 5.92 Å². The van der Waals surface area contributed by atoms with Crippen molar-refractivity contribution in [3.05, 3.63) is 0 Å². The fourth-order valence-corrected chi connectivity index (χ4v) is 3.05. The van der Waals surface area contributed by atoms with Crippen LogP contribution >= 0.6 is 0 Å². The predicted octanol–water partition coefficient (Wildman–Crippen LogP) is 3.10. The SMILES string of the molecule is CCCCCCC1C2CCCC1N2. The minimum atomic E-state index is 0.917. The van der Waals surface area contributed by atoms with Gasteiger partial charge in [0.2, 0.25) is 0 Å². The largest absolute Gasteiger partial charge is 0.311 e.